The van der Waals surface area contributed by atoms with Gasteiger partial charge in [0, 0.05) is 23.0 Å². The van der Waals surface area contributed by atoms with E-state index < -0.39 is 15.5 Å². The maximum absolute atomic E-state index is 11.3. The minimum Gasteiger partial charge on any atom is -0.271 e. The van der Waals surface area contributed by atoms with Gasteiger partial charge in [-0.3, -0.25) is 25.7 Å². The zero-order valence-electron chi connectivity index (χ0n) is 15.6. The molecule has 3 rings (SSSR count). The summed E-state index contributed by atoms with van der Waals surface area (Å²) in [6.07, 6.45) is 0. The maximum Gasteiger partial charge on any atom is 0.301 e. The van der Waals surface area contributed by atoms with Gasteiger partial charge >= 0.3 is 5.69 Å². The van der Waals surface area contributed by atoms with Crippen molar-refractivity contribution in [2.75, 3.05) is 5.43 Å². The molecule has 0 spiro atoms. The van der Waals surface area contributed by atoms with Crippen LogP contribution in [0.15, 0.2) is 59.7 Å². The lowest BCUT2D eigenvalue weighted by Crippen LogP contribution is -2.13. The van der Waals surface area contributed by atoms with Crippen molar-refractivity contribution in [2.45, 2.75) is 13.8 Å². The van der Waals surface area contributed by atoms with Gasteiger partial charge in [-0.25, -0.2) is 9.97 Å². The number of aryl methyl sites for hydroxylation is 2. The molecule has 3 aromatic rings. The highest BCUT2D eigenvalue weighted by Crippen LogP contribution is 2.29. The normalized spacial score (nSPS) is 11.2. The first kappa shape index (κ1) is 19.5. The maximum atomic E-state index is 11.3. The van der Waals surface area contributed by atoms with E-state index in [0.717, 1.165) is 17.5 Å². The highest BCUT2D eigenvalue weighted by molar-refractivity contribution is 6.10. The first-order valence-corrected chi connectivity index (χ1v) is 8.50. The topological polar surface area (TPSA) is 136 Å². The first-order valence-electron chi connectivity index (χ1n) is 8.50. The predicted molar refractivity (Wildman–Crippen MR) is 107 cm³/mol. The summed E-state index contributed by atoms with van der Waals surface area (Å²) in [6, 6.07) is 14.2. The second kappa shape index (κ2) is 8.21. The lowest BCUT2D eigenvalue weighted by Gasteiger charge is -2.09. The molecule has 1 aromatic heterocycles. The minimum absolute atomic E-state index is 0.0124. The van der Waals surface area contributed by atoms with Crippen LogP contribution >= 0.6 is 0 Å². The number of hydrogen-bond acceptors (Lipinski definition) is 8. The number of non-ortho nitro benzene ring substituents is 1. The lowest BCUT2D eigenvalue weighted by atomic mass is 10.1. The second-order valence-electron chi connectivity index (χ2n) is 6.13. The van der Waals surface area contributed by atoms with E-state index in [0.29, 0.717) is 17.1 Å². The molecular formula is C19H16N6O4. The van der Waals surface area contributed by atoms with E-state index in [9.17, 15) is 20.2 Å². The molecule has 1 heterocycles. The van der Waals surface area contributed by atoms with Crippen LogP contribution in [0.5, 0.6) is 0 Å². The summed E-state index contributed by atoms with van der Waals surface area (Å²) < 4.78 is 0. The fourth-order valence-electron chi connectivity index (χ4n) is 2.67. The predicted octanol–water partition coefficient (Wildman–Crippen LogP) is 3.77. The number of benzene rings is 2. The summed E-state index contributed by atoms with van der Waals surface area (Å²) in [5.41, 5.74) is 4.39. The molecule has 0 aliphatic rings. The molecule has 0 amide bonds. The van der Waals surface area contributed by atoms with E-state index in [1.54, 1.807) is 0 Å². The Balaban J connectivity index is 2.08. The quantitative estimate of drug-likeness (QED) is 0.383. The summed E-state index contributed by atoms with van der Waals surface area (Å²) in [5.74, 6) is 0.353. The standard InChI is InChI=1S/C19H16N6O4/c1-12-10-13(2)21-19(20-12)18(14-6-4-3-5-7-14)23-22-16-9-8-15(24(26)27)11-17(16)25(28)29/h3-11,22H,1-2H3/b23-18+. The molecule has 29 heavy (non-hydrogen) atoms. The van der Waals surface area contributed by atoms with E-state index in [1.807, 2.05) is 50.2 Å². The third kappa shape index (κ3) is 4.56. The molecule has 0 atom stereocenters. The Bertz CT molecular complexity index is 1090. The second-order valence-corrected chi connectivity index (χ2v) is 6.13. The van der Waals surface area contributed by atoms with Crippen molar-refractivity contribution in [3.63, 3.8) is 0 Å². The summed E-state index contributed by atoms with van der Waals surface area (Å²) in [7, 11) is 0. The number of aromatic nitrogens is 2. The fraction of sp³-hybridized carbons (Fsp3) is 0.105. The SMILES string of the molecule is Cc1cc(C)nc(/C(=N/Nc2ccc([N+](=O)[O-])cc2[N+](=O)[O-])c2ccccc2)n1. The Morgan fingerprint density at radius 1 is 0.931 bits per heavy atom. The summed E-state index contributed by atoms with van der Waals surface area (Å²) in [5, 5.41) is 26.5. The molecule has 0 aliphatic carbocycles. The molecule has 0 unspecified atom stereocenters. The molecule has 146 valence electrons. The average Bonchev–Trinajstić information content (AvgIpc) is 2.68. The molecule has 10 nitrogen and oxygen atoms in total. The Hall–Kier alpha value is -4.21. The van der Waals surface area contributed by atoms with Crippen LogP contribution in [-0.2, 0) is 0 Å². The van der Waals surface area contributed by atoms with Crippen LogP contribution in [-0.4, -0.2) is 25.5 Å². The van der Waals surface area contributed by atoms with Gasteiger partial charge in [0.2, 0.25) is 0 Å². The molecule has 0 aliphatic heterocycles. The molecule has 0 fully saturated rings. The molecule has 1 N–H and O–H groups in total. The number of hydrazone groups is 1. The largest absolute Gasteiger partial charge is 0.301 e. The van der Waals surface area contributed by atoms with Crippen LogP contribution in [0, 0.1) is 34.1 Å². The van der Waals surface area contributed by atoms with Gasteiger partial charge < -0.3 is 0 Å². The average molecular weight is 392 g/mol. The Kier molecular flexibility index (Phi) is 5.54. The third-order valence-electron chi connectivity index (χ3n) is 3.92. The fourth-order valence-corrected chi connectivity index (χ4v) is 2.67. The number of nitrogens with zero attached hydrogens (tertiary/aromatic N) is 5. The Morgan fingerprint density at radius 3 is 2.17 bits per heavy atom. The molecule has 10 heteroatoms. The van der Waals surface area contributed by atoms with E-state index in [1.165, 1.54) is 12.1 Å². The smallest absolute Gasteiger partial charge is 0.271 e. The van der Waals surface area contributed by atoms with Crippen LogP contribution in [0.25, 0.3) is 0 Å². The Labute approximate surface area is 165 Å². The third-order valence-corrected chi connectivity index (χ3v) is 3.92. The first-order chi connectivity index (χ1) is 13.8. The van der Waals surface area contributed by atoms with Crippen molar-refractivity contribution in [1.82, 2.24) is 9.97 Å². The number of anilines is 1. The van der Waals surface area contributed by atoms with Gasteiger partial charge in [-0.1, -0.05) is 30.3 Å². The van der Waals surface area contributed by atoms with Crippen LogP contribution < -0.4 is 5.43 Å². The lowest BCUT2D eigenvalue weighted by molar-refractivity contribution is -0.393. The number of nitro groups is 2. The van der Waals surface area contributed by atoms with Gasteiger partial charge in [0.15, 0.2) is 5.82 Å². The molecular weight excluding hydrogens is 376 g/mol. The molecule has 0 radical (unpaired) electrons. The van der Waals surface area contributed by atoms with Crippen molar-refractivity contribution < 1.29 is 9.85 Å². The van der Waals surface area contributed by atoms with Gasteiger partial charge in [0.25, 0.3) is 5.69 Å². The van der Waals surface area contributed by atoms with Crippen LogP contribution in [0.1, 0.15) is 22.8 Å². The molecule has 0 bridgehead atoms. The number of rotatable bonds is 6. The zero-order chi connectivity index (χ0) is 21.0. The van der Waals surface area contributed by atoms with Crippen molar-refractivity contribution in [3.8, 4) is 0 Å². The number of nitrogens with one attached hydrogen (secondary N) is 1. The zero-order valence-corrected chi connectivity index (χ0v) is 15.6. The summed E-state index contributed by atoms with van der Waals surface area (Å²) in [6.45, 7) is 3.66. The monoisotopic (exact) mass is 392 g/mol. The number of hydrogen-bond donors (Lipinski definition) is 1. The highest BCUT2D eigenvalue weighted by Gasteiger charge is 2.20. The van der Waals surface area contributed by atoms with E-state index in [4.69, 9.17) is 0 Å². The molecule has 0 saturated carbocycles. The van der Waals surface area contributed by atoms with Gasteiger partial charge in [-0.15, -0.1) is 0 Å². The molecule has 2 aromatic carbocycles. The van der Waals surface area contributed by atoms with Crippen molar-refractivity contribution in [1.29, 1.82) is 0 Å². The van der Waals surface area contributed by atoms with Crippen molar-refractivity contribution in [3.05, 3.63) is 97.6 Å². The van der Waals surface area contributed by atoms with Crippen molar-refractivity contribution in [2.24, 2.45) is 5.10 Å². The van der Waals surface area contributed by atoms with Crippen LogP contribution in [0.4, 0.5) is 17.1 Å². The van der Waals surface area contributed by atoms with Crippen molar-refractivity contribution >= 4 is 22.8 Å². The minimum atomic E-state index is -0.708. The van der Waals surface area contributed by atoms with E-state index in [-0.39, 0.29) is 11.4 Å². The van der Waals surface area contributed by atoms with Gasteiger partial charge in [0.1, 0.15) is 11.4 Å². The number of nitro benzene ring substituents is 2. The molecule has 0 saturated heterocycles. The van der Waals surface area contributed by atoms with Gasteiger partial charge in [-0.2, -0.15) is 5.10 Å². The van der Waals surface area contributed by atoms with E-state index >= 15 is 0 Å². The highest BCUT2D eigenvalue weighted by atomic mass is 16.6. The van der Waals surface area contributed by atoms with Crippen LogP contribution in [0.2, 0.25) is 0 Å². The Morgan fingerprint density at radius 2 is 1.59 bits per heavy atom. The van der Waals surface area contributed by atoms with Crippen LogP contribution in [0.3, 0.4) is 0 Å². The van der Waals surface area contributed by atoms with Gasteiger partial charge in [0.05, 0.1) is 15.9 Å². The van der Waals surface area contributed by atoms with E-state index in [2.05, 4.69) is 20.5 Å². The van der Waals surface area contributed by atoms with Gasteiger partial charge in [-0.05, 0) is 26.0 Å². The summed E-state index contributed by atoms with van der Waals surface area (Å²) >= 11 is 0. The summed E-state index contributed by atoms with van der Waals surface area (Å²) in [4.78, 5) is 29.7.